The van der Waals surface area contributed by atoms with Crippen LogP contribution in [-0.2, 0) is 9.53 Å². The Bertz CT molecular complexity index is 1150. The molecule has 1 amide bonds. The van der Waals surface area contributed by atoms with Gasteiger partial charge in [-0.1, -0.05) is 0 Å². The molecule has 30 heavy (non-hydrogen) atoms. The van der Waals surface area contributed by atoms with Crippen molar-refractivity contribution in [3.63, 3.8) is 0 Å². The molecule has 3 aromatic rings. The minimum absolute atomic E-state index is 0.272. The Morgan fingerprint density at radius 2 is 1.87 bits per heavy atom. The number of nitrogens with one attached hydrogen (secondary N) is 1. The van der Waals surface area contributed by atoms with Crippen molar-refractivity contribution in [1.82, 2.24) is 9.55 Å². The van der Waals surface area contributed by atoms with Crippen LogP contribution < -0.4 is 5.32 Å². The lowest BCUT2D eigenvalue weighted by atomic mass is 10.1. The number of Topliss-reactive ketones (excluding diaryl/α,β-unsaturated/α-hetero) is 1. The first kappa shape index (κ1) is 21.9. The molecule has 3 heterocycles. The van der Waals surface area contributed by atoms with Crippen molar-refractivity contribution in [2.75, 3.05) is 11.9 Å². The van der Waals surface area contributed by atoms with E-state index in [-0.39, 0.29) is 18.3 Å². The Morgan fingerprint density at radius 3 is 2.47 bits per heavy atom. The van der Waals surface area contributed by atoms with Crippen molar-refractivity contribution < 1.29 is 19.1 Å². The molecular weight excluding hydrogens is 422 g/mol. The topological polar surface area (TPSA) is 90.3 Å². The van der Waals surface area contributed by atoms with Crippen LogP contribution in [0.3, 0.4) is 0 Å². The summed E-state index contributed by atoms with van der Waals surface area (Å²) in [6.45, 7) is 10.3. The van der Waals surface area contributed by atoms with Crippen LogP contribution in [0.2, 0.25) is 0 Å². The first-order chi connectivity index (χ1) is 14.1. The van der Waals surface area contributed by atoms with Crippen molar-refractivity contribution >= 4 is 45.3 Å². The van der Waals surface area contributed by atoms with Crippen molar-refractivity contribution in [3.8, 4) is 5.13 Å². The van der Waals surface area contributed by atoms with E-state index in [9.17, 15) is 14.4 Å². The maximum atomic E-state index is 12.8. The van der Waals surface area contributed by atoms with E-state index in [0.717, 1.165) is 32.7 Å². The lowest BCUT2D eigenvalue weighted by Crippen LogP contribution is -2.17. The minimum atomic E-state index is -0.627. The molecule has 0 bridgehead atoms. The van der Waals surface area contributed by atoms with Gasteiger partial charge in [-0.05, 0) is 46.2 Å². The maximum Gasteiger partial charge on any atom is 0.341 e. The standard InChI is InChI=1S/C21H23N3O4S2/c1-10-9-29-21(22-10)24-11(2)7-16(13(24)4)17(26)8-28-20(27)18-12(3)14(5)30-19(18)23-15(6)25/h7,9H,8H2,1-6H3,(H,23,25). The molecule has 0 aliphatic carbocycles. The van der Waals surface area contributed by atoms with Crippen LogP contribution in [-0.4, -0.2) is 33.8 Å². The van der Waals surface area contributed by atoms with Gasteiger partial charge in [0.15, 0.2) is 11.7 Å². The van der Waals surface area contributed by atoms with Crippen LogP contribution in [0.25, 0.3) is 5.13 Å². The van der Waals surface area contributed by atoms with Gasteiger partial charge in [0.1, 0.15) is 5.00 Å². The van der Waals surface area contributed by atoms with Gasteiger partial charge < -0.3 is 10.1 Å². The van der Waals surface area contributed by atoms with Crippen LogP contribution in [0.15, 0.2) is 11.4 Å². The number of rotatable bonds is 6. The number of hydrogen-bond donors (Lipinski definition) is 1. The van der Waals surface area contributed by atoms with Gasteiger partial charge in [-0.25, -0.2) is 9.78 Å². The van der Waals surface area contributed by atoms with Gasteiger partial charge in [0.05, 0.1) is 11.3 Å². The third-order valence-corrected chi connectivity index (χ3v) is 6.81. The van der Waals surface area contributed by atoms with Crippen molar-refractivity contribution in [1.29, 1.82) is 0 Å². The number of thiazole rings is 1. The Morgan fingerprint density at radius 1 is 1.17 bits per heavy atom. The molecule has 0 spiro atoms. The molecule has 9 heteroatoms. The second-order valence-corrected chi connectivity index (χ2v) is 9.12. The van der Waals surface area contributed by atoms with Crippen LogP contribution in [0.5, 0.6) is 0 Å². The van der Waals surface area contributed by atoms with E-state index in [1.54, 1.807) is 13.0 Å². The molecule has 0 saturated heterocycles. The van der Waals surface area contributed by atoms with Gasteiger partial charge in [-0.3, -0.25) is 14.2 Å². The van der Waals surface area contributed by atoms with E-state index in [1.807, 2.05) is 37.6 Å². The van der Waals surface area contributed by atoms with E-state index >= 15 is 0 Å². The highest BCUT2D eigenvalue weighted by molar-refractivity contribution is 7.16. The van der Waals surface area contributed by atoms with Crippen molar-refractivity contribution in [2.45, 2.75) is 41.5 Å². The van der Waals surface area contributed by atoms with Gasteiger partial charge in [-0.15, -0.1) is 22.7 Å². The summed E-state index contributed by atoms with van der Waals surface area (Å²) in [4.78, 5) is 42.3. The predicted octanol–water partition coefficient (Wildman–Crippen LogP) is 4.54. The highest BCUT2D eigenvalue weighted by Crippen LogP contribution is 2.33. The van der Waals surface area contributed by atoms with Crippen LogP contribution in [0.1, 0.15) is 55.2 Å². The number of amides is 1. The SMILES string of the molecule is CC(=O)Nc1sc(C)c(C)c1C(=O)OCC(=O)c1cc(C)n(-c2nc(C)cs2)c1C. The molecule has 158 valence electrons. The number of thiophene rings is 1. The first-order valence-corrected chi connectivity index (χ1v) is 11.0. The quantitative estimate of drug-likeness (QED) is 0.444. The normalized spacial score (nSPS) is 10.9. The smallest absolute Gasteiger partial charge is 0.341 e. The van der Waals surface area contributed by atoms with Gasteiger partial charge in [0.2, 0.25) is 11.7 Å². The Labute approximate surface area is 182 Å². The molecule has 3 aromatic heterocycles. The third kappa shape index (κ3) is 4.22. The summed E-state index contributed by atoms with van der Waals surface area (Å²) in [7, 11) is 0. The number of anilines is 1. The van der Waals surface area contributed by atoms with Gasteiger partial charge in [0.25, 0.3) is 0 Å². The van der Waals surface area contributed by atoms with E-state index < -0.39 is 5.97 Å². The first-order valence-electron chi connectivity index (χ1n) is 9.29. The minimum Gasteiger partial charge on any atom is -0.454 e. The molecule has 0 saturated carbocycles. The maximum absolute atomic E-state index is 12.8. The summed E-state index contributed by atoms with van der Waals surface area (Å²) < 4.78 is 7.24. The number of esters is 1. The zero-order chi connectivity index (χ0) is 22.2. The average molecular weight is 446 g/mol. The molecule has 0 aromatic carbocycles. The summed E-state index contributed by atoms with van der Waals surface area (Å²) in [5.74, 6) is -1.19. The summed E-state index contributed by atoms with van der Waals surface area (Å²) in [5.41, 5.74) is 4.08. The monoisotopic (exact) mass is 445 g/mol. The Kier molecular flexibility index (Phi) is 6.23. The number of aryl methyl sites for hydroxylation is 3. The molecule has 0 radical (unpaired) electrons. The largest absolute Gasteiger partial charge is 0.454 e. The molecule has 0 aliphatic heterocycles. The lowest BCUT2D eigenvalue weighted by Gasteiger charge is -2.08. The fourth-order valence-electron chi connectivity index (χ4n) is 3.19. The number of nitrogens with zero attached hydrogens (tertiary/aromatic N) is 2. The van der Waals surface area contributed by atoms with E-state index in [1.165, 1.54) is 29.6 Å². The Balaban J connectivity index is 1.79. The molecule has 0 unspecified atom stereocenters. The molecule has 0 aliphatic rings. The zero-order valence-corrected chi connectivity index (χ0v) is 19.3. The number of ether oxygens (including phenoxy) is 1. The Hall–Kier alpha value is -2.78. The fourth-order valence-corrected chi connectivity index (χ4v) is 5.19. The molecule has 0 atom stereocenters. The molecule has 1 N–H and O–H groups in total. The molecule has 7 nitrogen and oxygen atoms in total. The van der Waals surface area contributed by atoms with Gasteiger partial charge >= 0.3 is 5.97 Å². The summed E-state index contributed by atoms with van der Waals surface area (Å²) in [6, 6.07) is 1.78. The van der Waals surface area contributed by atoms with Crippen molar-refractivity contribution in [2.24, 2.45) is 0 Å². The molecule has 3 rings (SSSR count). The number of carbonyl (C=O) groups excluding carboxylic acids is 3. The fraction of sp³-hybridized carbons (Fsp3) is 0.333. The predicted molar refractivity (Wildman–Crippen MR) is 118 cm³/mol. The van der Waals surface area contributed by atoms with Crippen LogP contribution >= 0.6 is 22.7 Å². The van der Waals surface area contributed by atoms with E-state index in [4.69, 9.17) is 4.74 Å². The average Bonchev–Trinajstić information content (AvgIpc) is 3.29. The number of carbonyl (C=O) groups is 3. The summed E-state index contributed by atoms with van der Waals surface area (Å²) in [5, 5.41) is 5.85. The van der Waals surface area contributed by atoms with Gasteiger partial charge in [-0.2, -0.15) is 0 Å². The number of aromatic nitrogens is 2. The van der Waals surface area contributed by atoms with E-state index in [2.05, 4.69) is 10.3 Å². The second-order valence-electron chi connectivity index (χ2n) is 7.06. The highest BCUT2D eigenvalue weighted by atomic mass is 32.1. The van der Waals surface area contributed by atoms with Crippen LogP contribution in [0.4, 0.5) is 5.00 Å². The van der Waals surface area contributed by atoms with Crippen LogP contribution in [0, 0.1) is 34.6 Å². The highest BCUT2D eigenvalue weighted by Gasteiger charge is 2.24. The molecule has 0 fully saturated rings. The molecular formula is C21H23N3O4S2. The lowest BCUT2D eigenvalue weighted by molar-refractivity contribution is -0.114. The second kappa shape index (κ2) is 8.53. The summed E-state index contributed by atoms with van der Waals surface area (Å²) in [6.07, 6.45) is 0. The zero-order valence-electron chi connectivity index (χ0n) is 17.7. The number of ketones is 1. The van der Waals surface area contributed by atoms with Gasteiger partial charge in [0, 0.05) is 34.1 Å². The van der Waals surface area contributed by atoms with E-state index in [0.29, 0.717) is 16.1 Å². The number of hydrogen-bond acceptors (Lipinski definition) is 7. The summed E-state index contributed by atoms with van der Waals surface area (Å²) >= 11 is 2.81. The third-order valence-electron chi connectivity index (χ3n) is 4.74. The van der Waals surface area contributed by atoms with Crippen molar-refractivity contribution in [3.05, 3.63) is 50.1 Å².